The molecule has 0 saturated heterocycles. The Morgan fingerprint density at radius 3 is 2.81 bits per heavy atom. The number of benzene rings is 1. The van der Waals surface area contributed by atoms with Crippen LogP contribution in [0.5, 0.6) is 0 Å². The molecule has 3 N–H and O–H groups in total. The van der Waals surface area contributed by atoms with E-state index in [1.165, 1.54) is 11.3 Å². The molecule has 3 rings (SSSR count). The van der Waals surface area contributed by atoms with Gasteiger partial charge in [-0.05, 0) is 30.5 Å². The van der Waals surface area contributed by atoms with Crippen molar-refractivity contribution in [3.05, 3.63) is 58.5 Å². The summed E-state index contributed by atoms with van der Waals surface area (Å²) in [6.07, 6.45) is 0. The third-order valence-electron chi connectivity index (χ3n) is 3.36. The van der Waals surface area contributed by atoms with Gasteiger partial charge in [0.25, 0.3) is 0 Å². The van der Waals surface area contributed by atoms with Crippen LogP contribution in [0.2, 0.25) is 0 Å². The van der Waals surface area contributed by atoms with Crippen LogP contribution in [0.15, 0.2) is 52.3 Å². The second kappa shape index (κ2) is 5.71. The molecule has 0 aliphatic rings. The van der Waals surface area contributed by atoms with E-state index in [2.05, 4.69) is 5.32 Å². The van der Waals surface area contributed by atoms with Crippen molar-refractivity contribution in [1.29, 1.82) is 0 Å². The zero-order valence-corrected chi connectivity index (χ0v) is 12.4. The van der Waals surface area contributed by atoms with Gasteiger partial charge in [-0.2, -0.15) is 0 Å². The summed E-state index contributed by atoms with van der Waals surface area (Å²) in [5.41, 5.74) is 6.77. The van der Waals surface area contributed by atoms with E-state index in [9.17, 15) is 4.79 Å². The van der Waals surface area contributed by atoms with Crippen LogP contribution in [0.1, 0.15) is 29.6 Å². The monoisotopic (exact) mass is 300 g/mol. The van der Waals surface area contributed by atoms with Gasteiger partial charge in [-0.1, -0.05) is 24.3 Å². The smallest absolute Gasteiger partial charge is 0.242 e. The highest BCUT2D eigenvalue weighted by Gasteiger charge is 2.20. The SMILES string of the molecule is CC(NC(=O)C(N)c1cccs1)c1cc2ccccc2o1. The third kappa shape index (κ3) is 2.84. The summed E-state index contributed by atoms with van der Waals surface area (Å²) in [5, 5.41) is 5.83. The molecular formula is C16H16N2O2S. The zero-order chi connectivity index (χ0) is 14.8. The molecule has 4 nitrogen and oxygen atoms in total. The number of amides is 1. The van der Waals surface area contributed by atoms with Crippen LogP contribution in [0, 0.1) is 0 Å². The highest BCUT2D eigenvalue weighted by molar-refractivity contribution is 7.10. The molecule has 0 spiro atoms. The lowest BCUT2D eigenvalue weighted by Crippen LogP contribution is -2.35. The number of para-hydroxylation sites is 1. The standard InChI is InChI=1S/C16H16N2O2S/c1-10(13-9-11-5-2-3-6-12(11)20-13)18-16(19)15(17)14-7-4-8-21-14/h2-10,15H,17H2,1H3,(H,18,19). The summed E-state index contributed by atoms with van der Waals surface area (Å²) in [4.78, 5) is 13.0. The predicted molar refractivity (Wildman–Crippen MR) is 84.0 cm³/mol. The van der Waals surface area contributed by atoms with Gasteiger partial charge < -0.3 is 15.5 Å². The molecular weight excluding hydrogens is 284 g/mol. The van der Waals surface area contributed by atoms with Crippen LogP contribution in [0.4, 0.5) is 0 Å². The molecule has 0 bridgehead atoms. The van der Waals surface area contributed by atoms with Crippen LogP contribution < -0.4 is 11.1 Å². The van der Waals surface area contributed by atoms with Crippen LogP contribution in [-0.4, -0.2) is 5.91 Å². The summed E-state index contributed by atoms with van der Waals surface area (Å²) in [7, 11) is 0. The van der Waals surface area contributed by atoms with E-state index < -0.39 is 6.04 Å². The van der Waals surface area contributed by atoms with Crippen LogP contribution >= 0.6 is 11.3 Å². The van der Waals surface area contributed by atoms with E-state index in [0.717, 1.165) is 21.6 Å². The second-order valence-corrected chi connectivity index (χ2v) is 5.89. The van der Waals surface area contributed by atoms with Crippen molar-refractivity contribution in [2.75, 3.05) is 0 Å². The maximum absolute atomic E-state index is 12.2. The molecule has 3 aromatic rings. The van der Waals surface area contributed by atoms with E-state index in [-0.39, 0.29) is 11.9 Å². The van der Waals surface area contributed by atoms with E-state index in [1.807, 2.05) is 54.8 Å². The summed E-state index contributed by atoms with van der Waals surface area (Å²) in [6.45, 7) is 1.89. The Kier molecular flexibility index (Phi) is 3.77. The number of nitrogens with one attached hydrogen (secondary N) is 1. The first-order valence-electron chi connectivity index (χ1n) is 6.73. The Morgan fingerprint density at radius 2 is 2.10 bits per heavy atom. The summed E-state index contributed by atoms with van der Waals surface area (Å²) >= 11 is 1.48. The fraction of sp³-hybridized carbons (Fsp3) is 0.188. The van der Waals surface area contributed by atoms with E-state index in [4.69, 9.17) is 10.2 Å². The molecule has 2 atom stereocenters. The molecule has 21 heavy (non-hydrogen) atoms. The molecule has 2 heterocycles. The summed E-state index contributed by atoms with van der Waals surface area (Å²) in [5.74, 6) is 0.522. The van der Waals surface area contributed by atoms with Crippen molar-refractivity contribution < 1.29 is 9.21 Å². The van der Waals surface area contributed by atoms with Gasteiger partial charge in [0.15, 0.2) is 0 Å². The number of rotatable bonds is 4. The lowest BCUT2D eigenvalue weighted by atomic mass is 10.2. The van der Waals surface area contributed by atoms with Gasteiger partial charge in [0, 0.05) is 10.3 Å². The molecule has 0 radical (unpaired) electrons. The normalized spacial score (nSPS) is 14.0. The van der Waals surface area contributed by atoms with Crippen molar-refractivity contribution in [3.63, 3.8) is 0 Å². The third-order valence-corrected chi connectivity index (χ3v) is 4.32. The van der Waals surface area contributed by atoms with Crippen molar-refractivity contribution in [1.82, 2.24) is 5.32 Å². The average molecular weight is 300 g/mol. The first kappa shape index (κ1) is 13.9. The van der Waals surface area contributed by atoms with Crippen LogP contribution in [-0.2, 0) is 4.79 Å². The topological polar surface area (TPSA) is 68.3 Å². The molecule has 2 aromatic heterocycles. The number of hydrogen-bond donors (Lipinski definition) is 2. The zero-order valence-electron chi connectivity index (χ0n) is 11.6. The number of fused-ring (bicyclic) bond motifs is 1. The molecule has 108 valence electrons. The summed E-state index contributed by atoms with van der Waals surface area (Å²) in [6, 6.07) is 12.6. The first-order chi connectivity index (χ1) is 10.1. The molecule has 5 heteroatoms. The second-order valence-electron chi connectivity index (χ2n) is 4.91. The quantitative estimate of drug-likeness (QED) is 0.776. The van der Waals surface area contributed by atoms with Crippen molar-refractivity contribution >= 4 is 28.2 Å². The maximum Gasteiger partial charge on any atom is 0.242 e. The molecule has 0 fully saturated rings. The predicted octanol–water partition coefficient (Wildman–Crippen LogP) is 3.37. The lowest BCUT2D eigenvalue weighted by molar-refractivity contribution is -0.123. The molecule has 1 amide bonds. The van der Waals surface area contributed by atoms with Crippen molar-refractivity contribution in [3.8, 4) is 0 Å². The lowest BCUT2D eigenvalue weighted by Gasteiger charge is -2.15. The largest absolute Gasteiger partial charge is 0.459 e. The minimum Gasteiger partial charge on any atom is -0.459 e. The minimum atomic E-state index is -0.642. The Labute approximate surface area is 126 Å². The number of hydrogen-bond acceptors (Lipinski definition) is 4. The summed E-state index contributed by atoms with van der Waals surface area (Å²) < 4.78 is 5.75. The van der Waals surface area contributed by atoms with Crippen molar-refractivity contribution in [2.45, 2.75) is 19.0 Å². The molecule has 2 unspecified atom stereocenters. The molecule has 0 saturated carbocycles. The van der Waals surface area contributed by atoms with E-state index in [1.54, 1.807) is 0 Å². The fourth-order valence-electron chi connectivity index (χ4n) is 2.19. The maximum atomic E-state index is 12.2. The van der Waals surface area contributed by atoms with Crippen LogP contribution in [0.3, 0.4) is 0 Å². The first-order valence-corrected chi connectivity index (χ1v) is 7.61. The number of carbonyl (C=O) groups is 1. The Bertz CT molecular complexity index is 716. The Balaban J connectivity index is 1.73. The van der Waals surface area contributed by atoms with Gasteiger partial charge in [-0.3, -0.25) is 4.79 Å². The Morgan fingerprint density at radius 1 is 1.29 bits per heavy atom. The minimum absolute atomic E-state index is 0.203. The molecule has 0 aliphatic heterocycles. The van der Waals surface area contributed by atoms with Gasteiger partial charge in [0.2, 0.25) is 5.91 Å². The molecule has 0 aliphatic carbocycles. The van der Waals surface area contributed by atoms with Gasteiger partial charge in [-0.25, -0.2) is 0 Å². The van der Waals surface area contributed by atoms with E-state index in [0.29, 0.717) is 0 Å². The number of carbonyl (C=O) groups excluding carboxylic acids is 1. The molecule has 1 aromatic carbocycles. The van der Waals surface area contributed by atoms with Gasteiger partial charge in [0.05, 0.1) is 6.04 Å². The van der Waals surface area contributed by atoms with Gasteiger partial charge >= 0.3 is 0 Å². The average Bonchev–Trinajstić information content (AvgIpc) is 3.15. The number of thiophene rings is 1. The highest BCUT2D eigenvalue weighted by atomic mass is 32.1. The number of nitrogens with two attached hydrogens (primary N) is 1. The number of furan rings is 1. The highest BCUT2D eigenvalue weighted by Crippen LogP contribution is 2.24. The fourth-order valence-corrected chi connectivity index (χ4v) is 2.91. The van der Waals surface area contributed by atoms with Gasteiger partial charge in [-0.15, -0.1) is 11.3 Å². The van der Waals surface area contributed by atoms with Gasteiger partial charge in [0.1, 0.15) is 17.4 Å². The van der Waals surface area contributed by atoms with Crippen LogP contribution in [0.25, 0.3) is 11.0 Å². The van der Waals surface area contributed by atoms with Crippen molar-refractivity contribution in [2.24, 2.45) is 5.73 Å². The van der Waals surface area contributed by atoms with E-state index >= 15 is 0 Å². The Hall–Kier alpha value is -2.11.